The summed E-state index contributed by atoms with van der Waals surface area (Å²) in [5.74, 6) is 3.89. The van der Waals surface area contributed by atoms with Gasteiger partial charge in [0.05, 0.1) is 99.1 Å². The molecule has 12 atom stereocenters. The van der Waals surface area contributed by atoms with Gasteiger partial charge in [0.2, 0.25) is 0 Å². The van der Waals surface area contributed by atoms with E-state index in [0.717, 1.165) is 84.2 Å². The monoisotopic (exact) mass is 1780 g/mol. The van der Waals surface area contributed by atoms with E-state index in [1.165, 1.54) is 154 Å². The minimum absolute atomic E-state index is 0. The fraction of sp³-hybridized carbons (Fsp3) is 0.724. The van der Waals surface area contributed by atoms with Crippen LogP contribution in [0.2, 0.25) is 0 Å². The number of ether oxygens (including phenoxy) is 8. The SMILES string of the molecule is CCC(COCCOCCN[C@H]1[C@H]2CCCCC[C@]1(C)c1cc(O)ccc1C2)(COCCOCCN[C@H]1[C@H]2CCCCC[C@]1(C)c1cc(O)ccc1C2)COCCOCCN[C@H]1[C@H]2CCCCC[C@]1(C)c1cc(O)ccc1C2.COCCOCCN[C@H]1[C@H]2CCCCC[C@]1(C)c1cc(O)ccc1C2.[Y].[Y].[Y].[Y]. The molecule has 16 nitrogen and oxygen atoms in total. The zero-order valence-corrected chi connectivity index (χ0v) is 77.9. The Morgan fingerprint density at radius 2 is 0.579 bits per heavy atom. The summed E-state index contributed by atoms with van der Waals surface area (Å²) >= 11 is 0. The van der Waals surface area contributed by atoms with Crippen LogP contribution in [0.15, 0.2) is 72.8 Å². The Morgan fingerprint density at radius 3 is 0.822 bits per heavy atom. The summed E-state index contributed by atoms with van der Waals surface area (Å²) in [6.45, 7) is 23.4. The smallest absolute Gasteiger partial charge is 0.115 e. The van der Waals surface area contributed by atoms with Crippen molar-refractivity contribution in [2.75, 3.05) is 132 Å². The van der Waals surface area contributed by atoms with Crippen molar-refractivity contribution in [1.82, 2.24) is 21.3 Å². The Bertz CT molecular complexity index is 3000. The fourth-order valence-electron chi connectivity index (χ4n) is 20.9. The van der Waals surface area contributed by atoms with Crippen LogP contribution in [0, 0.1) is 29.1 Å². The van der Waals surface area contributed by atoms with Gasteiger partial charge in [0.25, 0.3) is 0 Å². The maximum atomic E-state index is 10.5. The van der Waals surface area contributed by atoms with Crippen molar-refractivity contribution in [3.05, 3.63) is 117 Å². The molecule has 0 aromatic heterocycles. The van der Waals surface area contributed by atoms with E-state index in [1.807, 2.05) is 48.5 Å². The van der Waals surface area contributed by atoms with E-state index in [9.17, 15) is 20.4 Å². The summed E-state index contributed by atoms with van der Waals surface area (Å²) in [5.41, 5.74) is 10.7. The third-order valence-electron chi connectivity index (χ3n) is 26.4. The van der Waals surface area contributed by atoms with Crippen molar-refractivity contribution >= 4 is 0 Å². The van der Waals surface area contributed by atoms with Crippen molar-refractivity contribution in [2.24, 2.45) is 29.1 Å². The summed E-state index contributed by atoms with van der Waals surface area (Å²) in [6.07, 6.45) is 30.0. The molecule has 0 amide bonds. The van der Waals surface area contributed by atoms with Crippen LogP contribution in [0.5, 0.6) is 23.0 Å². The summed E-state index contributed by atoms with van der Waals surface area (Å²) in [6, 6.07) is 25.6. The van der Waals surface area contributed by atoms with E-state index in [0.29, 0.717) is 163 Å². The molecule has 8 N–H and O–H groups in total. The minimum atomic E-state index is -0.340. The molecule has 4 radical (unpaired) electrons. The maximum Gasteiger partial charge on any atom is 0.115 e. The molecule has 8 bridgehead atoms. The number of hydrogen-bond acceptors (Lipinski definition) is 16. The number of phenols is 4. The number of fused-ring (bicyclic) bond motifs is 16. The van der Waals surface area contributed by atoms with Crippen LogP contribution in [0.25, 0.3) is 0 Å². The number of phenolic OH excluding ortho intramolecular Hbond substituents is 4. The topological polar surface area (TPSA) is 203 Å². The molecule has 0 unspecified atom stereocenters. The van der Waals surface area contributed by atoms with Gasteiger partial charge >= 0.3 is 0 Å². The summed E-state index contributed by atoms with van der Waals surface area (Å²) < 4.78 is 48.5. The van der Waals surface area contributed by atoms with E-state index in [2.05, 4.69) is 80.2 Å². The van der Waals surface area contributed by atoms with E-state index in [1.54, 1.807) is 7.11 Å². The van der Waals surface area contributed by atoms with Gasteiger partial charge in [0, 0.05) is 215 Å². The zero-order valence-electron chi connectivity index (χ0n) is 66.5. The molecule has 586 valence electrons. The molecule has 107 heavy (non-hydrogen) atoms. The van der Waals surface area contributed by atoms with Crippen molar-refractivity contribution in [3.63, 3.8) is 0 Å². The molecule has 4 saturated carbocycles. The number of benzene rings is 4. The molecule has 0 heterocycles. The van der Waals surface area contributed by atoms with Crippen LogP contribution in [0.3, 0.4) is 0 Å². The van der Waals surface area contributed by atoms with Crippen LogP contribution in [-0.2, 0) is 216 Å². The summed E-state index contributed by atoms with van der Waals surface area (Å²) in [7, 11) is 1.70. The average molecular weight is 1780 g/mol. The average Bonchev–Trinajstić information content (AvgIpc) is 0.768. The van der Waals surface area contributed by atoms with E-state index < -0.39 is 0 Å². The zero-order chi connectivity index (χ0) is 72.1. The van der Waals surface area contributed by atoms with Crippen LogP contribution in [0.4, 0.5) is 0 Å². The summed E-state index contributed by atoms with van der Waals surface area (Å²) in [4.78, 5) is 0. The van der Waals surface area contributed by atoms with Gasteiger partial charge in [0.1, 0.15) is 23.0 Å². The fourth-order valence-corrected chi connectivity index (χ4v) is 20.9. The molecule has 4 aromatic rings. The van der Waals surface area contributed by atoms with Gasteiger partial charge in [0.15, 0.2) is 0 Å². The number of rotatable bonds is 35. The predicted octanol–water partition coefficient (Wildman–Crippen LogP) is 14.2. The number of methoxy groups -OCH3 is 1. The van der Waals surface area contributed by atoms with Gasteiger partial charge in [-0.15, -0.1) is 0 Å². The normalized spacial score (nSPS) is 27.8. The van der Waals surface area contributed by atoms with Gasteiger partial charge in [-0.05, 0) is 200 Å². The Kier molecular flexibility index (Phi) is 41.2. The Labute approximate surface area is 744 Å². The van der Waals surface area contributed by atoms with Crippen molar-refractivity contribution in [3.8, 4) is 23.0 Å². The third-order valence-corrected chi connectivity index (χ3v) is 26.4. The van der Waals surface area contributed by atoms with Gasteiger partial charge in [-0.25, -0.2) is 0 Å². The van der Waals surface area contributed by atoms with E-state index >= 15 is 0 Å². The molecule has 20 heteroatoms. The Balaban J connectivity index is 0.000000465. The Morgan fingerprint density at radius 1 is 0.336 bits per heavy atom. The van der Waals surface area contributed by atoms with Gasteiger partial charge < -0.3 is 79.6 Å². The second kappa shape index (κ2) is 46.8. The third kappa shape index (κ3) is 24.8. The van der Waals surface area contributed by atoms with Gasteiger partial charge in [-0.1, -0.05) is 136 Å². The van der Waals surface area contributed by atoms with Gasteiger partial charge in [-0.2, -0.15) is 0 Å². The first-order valence-corrected chi connectivity index (χ1v) is 40.9. The Hall–Kier alpha value is 0.0156. The standard InChI is InChI=1S/C66H101N3O9.C21H33NO3.4Y/c1-5-66(45-76-36-33-73-30-27-67-60-51-15-9-6-12-24-63(60,2)57-42-54(70)21-18-48(57)39-51,46-77-37-34-74-31-28-68-61-52-16-10-7-13-25-64(61,3)58-43-55(71)22-19-49(58)40-52)47-78-38-35-75-32-29-69-62-53-17-11-8-14-26-65(62,4)59-44-56(72)23-20-50(59)41-53;1-21-9-5-3-4-6-17(14-16-7-8-18(23)15-19(16)21)20(21)22-10-11-25-13-12-24-2;;;;/h18-23,42-44,51-53,60-62,67-72H,5-17,24-41,45-47H2,1-4H3;7-8,15,17,20,22-23H,3-6,9-14H2,1-2H3;;;;/t51-,52-,53-,60-,61-,62-,63+,64+,65+;17-,20-,21+;;;;/m00..../s1. The van der Waals surface area contributed by atoms with Gasteiger partial charge in [-0.3, -0.25) is 0 Å². The molecule has 0 aliphatic heterocycles. The van der Waals surface area contributed by atoms with E-state index in [4.69, 9.17) is 37.9 Å². The van der Waals surface area contributed by atoms with Crippen LogP contribution in [-0.4, -0.2) is 177 Å². The summed E-state index contributed by atoms with van der Waals surface area (Å²) in [5, 5.41) is 57.2. The molecule has 4 fully saturated rings. The first-order valence-electron chi connectivity index (χ1n) is 40.9. The predicted molar refractivity (Wildman–Crippen MR) is 410 cm³/mol. The minimum Gasteiger partial charge on any atom is -0.508 e. The number of aromatic hydroxyl groups is 4. The van der Waals surface area contributed by atoms with Crippen LogP contribution >= 0.6 is 0 Å². The van der Waals surface area contributed by atoms with E-state index in [-0.39, 0.29) is 158 Å². The molecule has 12 rings (SSSR count). The molecule has 0 spiro atoms. The quantitative estimate of drug-likeness (QED) is 0.0202. The molecular weight excluding hydrogens is 1650 g/mol. The molecular formula is C87H134N4O12Y4. The second-order valence-electron chi connectivity index (χ2n) is 33.5. The molecule has 8 aliphatic rings. The molecule has 8 aliphatic carbocycles. The number of nitrogens with one attached hydrogen (secondary N) is 4. The van der Waals surface area contributed by atoms with Crippen molar-refractivity contribution in [2.45, 2.75) is 241 Å². The van der Waals surface area contributed by atoms with Crippen molar-refractivity contribution in [1.29, 1.82) is 0 Å². The van der Waals surface area contributed by atoms with Crippen molar-refractivity contribution < 1.29 is 189 Å². The second-order valence-corrected chi connectivity index (χ2v) is 33.5. The molecule has 0 saturated heterocycles. The first-order chi connectivity index (χ1) is 50.1. The van der Waals surface area contributed by atoms with Crippen LogP contribution in [0.1, 0.15) is 214 Å². The molecule has 4 aromatic carbocycles. The number of hydrogen-bond donors (Lipinski definition) is 8. The largest absolute Gasteiger partial charge is 0.508 e. The maximum absolute atomic E-state index is 10.5. The first kappa shape index (κ1) is 94.2. The van der Waals surface area contributed by atoms with Crippen LogP contribution < -0.4 is 21.3 Å².